The van der Waals surface area contributed by atoms with E-state index in [2.05, 4.69) is 0 Å². The summed E-state index contributed by atoms with van der Waals surface area (Å²) in [5, 5.41) is 1.85. The van der Waals surface area contributed by atoms with Crippen molar-refractivity contribution in [3.8, 4) is 0 Å². The Kier molecular flexibility index (Phi) is 3.60. The fraction of sp³-hybridized carbons (Fsp3) is 0.176. The first-order valence-corrected chi connectivity index (χ1v) is 6.85. The number of hydrogen-bond acceptors (Lipinski definition) is 1. The van der Waals surface area contributed by atoms with Crippen molar-refractivity contribution in [1.29, 1.82) is 0 Å². The first kappa shape index (κ1) is 13.6. The standard InChI is InChI=1S/C17H14F2NO/c18-14-9-8-12(16(19)10-14)5-3-7-17-15-6-2-1-4-13(15)11-20(17)21/h1-2,4,6,8-11H,3,5,7H2/q+1. The Hall–Kier alpha value is -2.36. The van der Waals surface area contributed by atoms with Gasteiger partial charge in [0, 0.05) is 17.4 Å². The predicted molar refractivity (Wildman–Crippen MR) is 76.5 cm³/mol. The number of rotatable bonds is 4. The average molecular weight is 286 g/mol. The molecule has 2 aromatic carbocycles. The van der Waals surface area contributed by atoms with Crippen LogP contribution >= 0.6 is 0 Å². The van der Waals surface area contributed by atoms with Crippen molar-refractivity contribution < 1.29 is 13.5 Å². The zero-order valence-electron chi connectivity index (χ0n) is 11.4. The molecule has 1 aliphatic heterocycles. The molecule has 0 N–H and O–H groups in total. The third-order valence-electron chi connectivity index (χ3n) is 3.67. The third-order valence-corrected chi connectivity index (χ3v) is 3.67. The number of fused-ring (bicyclic) bond motifs is 1. The second-order valence-electron chi connectivity index (χ2n) is 5.08. The van der Waals surface area contributed by atoms with Gasteiger partial charge in [-0.3, -0.25) is 0 Å². The number of aryl methyl sites for hydroxylation is 1. The minimum atomic E-state index is -0.573. The van der Waals surface area contributed by atoms with Crippen LogP contribution in [0.4, 0.5) is 8.78 Å². The second kappa shape index (κ2) is 5.56. The summed E-state index contributed by atoms with van der Waals surface area (Å²) in [6.45, 7) is 0. The molecule has 0 saturated heterocycles. The van der Waals surface area contributed by atoms with Crippen molar-refractivity contribution in [2.75, 3.05) is 0 Å². The summed E-state index contributed by atoms with van der Waals surface area (Å²) in [5.41, 5.74) is 1.18. The Morgan fingerprint density at radius 3 is 2.62 bits per heavy atom. The summed E-state index contributed by atoms with van der Waals surface area (Å²) in [7, 11) is 0. The highest BCUT2D eigenvalue weighted by Gasteiger charge is 2.22. The first-order chi connectivity index (χ1) is 10.1. The van der Waals surface area contributed by atoms with E-state index in [4.69, 9.17) is 0 Å². The minimum Gasteiger partial charge on any atom is -0.207 e. The zero-order chi connectivity index (χ0) is 14.8. The fourth-order valence-corrected chi connectivity index (χ4v) is 2.61. The summed E-state index contributed by atoms with van der Waals surface area (Å²) < 4.78 is 27.3. The second-order valence-corrected chi connectivity index (χ2v) is 5.08. The van der Waals surface area contributed by atoms with E-state index in [1.807, 2.05) is 24.3 Å². The zero-order valence-corrected chi connectivity index (χ0v) is 11.4. The van der Waals surface area contributed by atoms with Crippen LogP contribution < -0.4 is 10.4 Å². The Morgan fingerprint density at radius 1 is 1.00 bits per heavy atom. The van der Waals surface area contributed by atoms with Gasteiger partial charge in [0.1, 0.15) is 11.6 Å². The van der Waals surface area contributed by atoms with Crippen molar-refractivity contribution in [1.82, 2.24) is 0 Å². The average Bonchev–Trinajstić information content (AvgIpc) is 2.77. The smallest absolute Gasteiger partial charge is 0.207 e. The highest BCUT2D eigenvalue weighted by Crippen LogP contribution is 2.16. The van der Waals surface area contributed by atoms with Crippen molar-refractivity contribution in [2.45, 2.75) is 19.3 Å². The van der Waals surface area contributed by atoms with Crippen LogP contribution in [-0.2, 0) is 6.42 Å². The number of hydrogen-bond donors (Lipinski definition) is 0. The van der Waals surface area contributed by atoms with Gasteiger partial charge in [-0.2, -0.15) is 0 Å². The molecule has 21 heavy (non-hydrogen) atoms. The van der Waals surface area contributed by atoms with Crippen molar-refractivity contribution in [2.24, 2.45) is 0 Å². The van der Waals surface area contributed by atoms with Crippen LogP contribution in [0.3, 0.4) is 0 Å². The highest BCUT2D eigenvalue weighted by molar-refractivity contribution is 5.44. The van der Waals surface area contributed by atoms with Gasteiger partial charge in [0.15, 0.2) is 0 Å². The van der Waals surface area contributed by atoms with E-state index in [9.17, 15) is 13.7 Å². The number of nitrogens with zero attached hydrogens (tertiary/aromatic N) is 1. The molecule has 0 fully saturated rings. The van der Waals surface area contributed by atoms with Gasteiger partial charge in [-0.1, -0.05) is 18.2 Å². The molecule has 0 aliphatic carbocycles. The molecule has 2 nitrogen and oxygen atoms in total. The molecule has 4 heteroatoms. The molecule has 0 spiro atoms. The van der Waals surface area contributed by atoms with Crippen LogP contribution in [-0.4, -0.2) is 4.76 Å². The molecular formula is C17H14F2NO+. The number of benzene rings is 2. The van der Waals surface area contributed by atoms with Gasteiger partial charge in [0.25, 0.3) is 0 Å². The highest BCUT2D eigenvalue weighted by atomic mass is 19.1. The maximum Gasteiger partial charge on any atom is 0.247 e. The Balaban J connectivity index is 1.75. The molecule has 0 saturated carbocycles. The van der Waals surface area contributed by atoms with E-state index in [1.165, 1.54) is 12.1 Å². The van der Waals surface area contributed by atoms with Gasteiger partial charge >= 0.3 is 0 Å². The lowest BCUT2D eigenvalue weighted by molar-refractivity contribution is -0.339. The first-order valence-electron chi connectivity index (χ1n) is 6.85. The molecule has 106 valence electrons. The molecule has 0 atom stereocenters. The van der Waals surface area contributed by atoms with Gasteiger partial charge in [0.2, 0.25) is 11.9 Å². The van der Waals surface area contributed by atoms with Crippen molar-refractivity contribution >= 4 is 11.9 Å². The molecule has 0 aromatic heterocycles. The Morgan fingerprint density at radius 2 is 1.81 bits per heavy atom. The van der Waals surface area contributed by atoms with Crippen LogP contribution in [0.15, 0.2) is 42.5 Å². The van der Waals surface area contributed by atoms with E-state index in [-0.39, 0.29) is 0 Å². The maximum atomic E-state index is 13.5. The van der Waals surface area contributed by atoms with E-state index in [1.54, 1.807) is 6.20 Å². The lowest BCUT2D eigenvalue weighted by atomic mass is 10.1. The summed E-state index contributed by atoms with van der Waals surface area (Å²) in [5.74, 6) is -1.10. The summed E-state index contributed by atoms with van der Waals surface area (Å²) in [6, 6.07) is 11.2. The quantitative estimate of drug-likeness (QED) is 0.791. The van der Waals surface area contributed by atoms with Crippen molar-refractivity contribution in [3.63, 3.8) is 0 Å². The third kappa shape index (κ3) is 2.75. The Labute approximate surface area is 120 Å². The fourth-order valence-electron chi connectivity index (χ4n) is 2.61. The molecule has 0 radical (unpaired) electrons. The maximum absolute atomic E-state index is 13.5. The van der Waals surface area contributed by atoms with Gasteiger partial charge < -0.3 is 0 Å². The number of nitroso groups, excluding NO2 is 1. The SMILES string of the molecule is O=[N+]1C=c2ccccc2=C1CCCc1ccc(F)cc1F. The van der Waals surface area contributed by atoms with Crippen LogP contribution in [0.25, 0.3) is 11.9 Å². The lowest BCUT2D eigenvalue weighted by Gasteiger charge is -2.02. The van der Waals surface area contributed by atoms with Crippen LogP contribution in [0.2, 0.25) is 0 Å². The summed E-state index contributed by atoms with van der Waals surface area (Å²) in [4.78, 5) is 11.9. The molecular weight excluding hydrogens is 272 g/mol. The normalized spacial score (nSPS) is 13.2. The molecule has 0 amide bonds. The lowest BCUT2D eigenvalue weighted by Crippen LogP contribution is -2.22. The van der Waals surface area contributed by atoms with E-state index in [0.717, 1.165) is 21.3 Å². The Bertz CT molecular complexity index is 827. The molecule has 1 heterocycles. The monoisotopic (exact) mass is 286 g/mol. The molecule has 2 aromatic rings. The molecule has 3 rings (SSSR count). The van der Waals surface area contributed by atoms with E-state index >= 15 is 0 Å². The largest absolute Gasteiger partial charge is 0.247 e. The van der Waals surface area contributed by atoms with Crippen molar-refractivity contribution in [3.05, 3.63) is 75.0 Å². The van der Waals surface area contributed by atoms with Crippen LogP contribution in [0, 0.1) is 16.5 Å². The minimum absolute atomic E-state index is 0.477. The predicted octanol–water partition coefficient (Wildman–Crippen LogP) is 2.63. The van der Waals surface area contributed by atoms with E-state index < -0.39 is 11.6 Å². The van der Waals surface area contributed by atoms with Gasteiger partial charge in [0.05, 0.1) is 15.2 Å². The van der Waals surface area contributed by atoms with Crippen LogP contribution in [0.5, 0.6) is 0 Å². The topological polar surface area (TPSA) is 20.1 Å². The van der Waals surface area contributed by atoms with Gasteiger partial charge in [-0.05, 0) is 36.6 Å². The van der Waals surface area contributed by atoms with E-state index in [0.29, 0.717) is 30.5 Å². The van der Waals surface area contributed by atoms with Gasteiger partial charge in [-0.25, -0.2) is 8.78 Å². The van der Waals surface area contributed by atoms with Crippen LogP contribution in [0.1, 0.15) is 18.4 Å². The number of halogens is 2. The molecule has 0 unspecified atom stereocenters. The summed E-state index contributed by atoms with van der Waals surface area (Å²) >= 11 is 0. The van der Waals surface area contributed by atoms with Gasteiger partial charge in [-0.15, -0.1) is 0 Å². The molecule has 0 bridgehead atoms. The summed E-state index contributed by atoms with van der Waals surface area (Å²) in [6.07, 6.45) is 3.24. The molecule has 1 aliphatic rings.